The maximum Gasteiger partial charge on any atom is 0.274 e. The first-order valence-electron chi connectivity index (χ1n) is 6.75. The van der Waals surface area contributed by atoms with Crippen molar-refractivity contribution in [2.24, 2.45) is 0 Å². The van der Waals surface area contributed by atoms with Crippen LogP contribution >= 0.6 is 12.2 Å². The number of nitrogens with one attached hydrogen (secondary N) is 1. The van der Waals surface area contributed by atoms with Crippen molar-refractivity contribution < 1.29 is 24.4 Å². The smallest absolute Gasteiger partial charge is 0.274 e. The Hall–Kier alpha value is -3.01. The molecule has 1 aliphatic heterocycles. The second kappa shape index (κ2) is 6.62. The third-order valence-corrected chi connectivity index (χ3v) is 3.58. The number of nitro groups is 1. The largest absolute Gasteiger partial charge is 0.504 e. The second-order valence-electron chi connectivity index (χ2n) is 4.75. The number of thiocarbonyl (C=S) groups is 1. The number of non-ortho nitro benzene ring substituents is 1. The van der Waals surface area contributed by atoms with Crippen LogP contribution in [-0.2, 0) is 9.59 Å². The van der Waals surface area contributed by atoms with Gasteiger partial charge in [0.05, 0.1) is 17.6 Å². The highest BCUT2D eigenvalue weighted by molar-refractivity contribution is 7.80. The molecule has 9 nitrogen and oxygen atoms in total. The molecule has 0 aliphatic carbocycles. The molecule has 2 amide bonds. The number of hydrogen-bond acceptors (Lipinski definition) is 7. The normalized spacial score (nSPS) is 16.3. The van der Waals surface area contributed by atoms with E-state index in [4.69, 9.17) is 17.0 Å². The quantitative estimate of drug-likeness (QED) is 0.272. The first-order valence-corrected chi connectivity index (χ1v) is 7.16. The Morgan fingerprint density at radius 3 is 2.71 bits per heavy atom. The monoisotopic (exact) mass is 351 g/mol. The molecule has 0 atom stereocenters. The summed E-state index contributed by atoms with van der Waals surface area (Å²) in [5.74, 6) is -1.97. The maximum absolute atomic E-state index is 12.2. The highest BCUT2D eigenvalue weighted by Crippen LogP contribution is 2.36. The minimum absolute atomic E-state index is 0.0552. The molecule has 1 heterocycles. The lowest BCUT2D eigenvalue weighted by Gasteiger charge is -2.25. The Kier molecular flexibility index (Phi) is 4.79. The number of hydrogen-bond donors (Lipinski definition) is 2. The summed E-state index contributed by atoms with van der Waals surface area (Å²) < 4.78 is 5.15. The molecule has 2 rings (SSSR count). The van der Waals surface area contributed by atoms with Gasteiger partial charge >= 0.3 is 0 Å². The van der Waals surface area contributed by atoms with Gasteiger partial charge in [-0.2, -0.15) is 0 Å². The van der Waals surface area contributed by atoms with Crippen LogP contribution in [0.5, 0.6) is 11.5 Å². The van der Waals surface area contributed by atoms with E-state index >= 15 is 0 Å². The first-order chi connectivity index (χ1) is 11.3. The minimum atomic E-state index is -0.757. The van der Waals surface area contributed by atoms with Crippen molar-refractivity contribution in [2.45, 2.75) is 6.92 Å². The van der Waals surface area contributed by atoms with E-state index in [0.29, 0.717) is 0 Å². The average Bonchev–Trinajstić information content (AvgIpc) is 2.52. The molecule has 0 radical (unpaired) electrons. The zero-order chi connectivity index (χ0) is 18.0. The standard InChI is InChI=1S/C14H13N3O6S/c1-3-23-10-6-8(17(21)22)4-7(11(10)18)5-9-12(19)15-14(24)16(2)13(9)20/h4-6,18H,3H2,1-2H3,(H,15,19,24)/b9-5+. The summed E-state index contributed by atoms with van der Waals surface area (Å²) in [6.45, 7) is 1.81. The van der Waals surface area contributed by atoms with Crippen molar-refractivity contribution in [3.8, 4) is 11.5 Å². The van der Waals surface area contributed by atoms with Gasteiger partial charge in [-0.1, -0.05) is 0 Å². The van der Waals surface area contributed by atoms with Crippen LogP contribution in [0.3, 0.4) is 0 Å². The molecule has 0 bridgehead atoms. The van der Waals surface area contributed by atoms with E-state index in [0.717, 1.165) is 23.1 Å². The van der Waals surface area contributed by atoms with Crippen LogP contribution in [0.4, 0.5) is 5.69 Å². The molecular weight excluding hydrogens is 338 g/mol. The zero-order valence-electron chi connectivity index (χ0n) is 12.7. The van der Waals surface area contributed by atoms with Gasteiger partial charge in [0.25, 0.3) is 17.5 Å². The van der Waals surface area contributed by atoms with Crippen LogP contribution < -0.4 is 10.1 Å². The number of nitro benzene ring substituents is 1. The molecule has 126 valence electrons. The fourth-order valence-corrected chi connectivity index (χ4v) is 2.17. The first kappa shape index (κ1) is 17.3. The lowest BCUT2D eigenvalue weighted by atomic mass is 10.1. The van der Waals surface area contributed by atoms with E-state index in [1.54, 1.807) is 6.92 Å². The van der Waals surface area contributed by atoms with Crippen molar-refractivity contribution >= 4 is 40.9 Å². The SMILES string of the molecule is CCOc1cc([N+](=O)[O-])cc(/C=C2\C(=O)NC(=S)N(C)C2=O)c1O. The van der Waals surface area contributed by atoms with Crippen LogP contribution in [-0.4, -0.2) is 45.5 Å². The molecule has 10 heteroatoms. The molecule has 0 spiro atoms. The Morgan fingerprint density at radius 2 is 2.12 bits per heavy atom. The van der Waals surface area contributed by atoms with Gasteiger partial charge in [-0.05, 0) is 25.2 Å². The Balaban J connectivity index is 2.58. The Bertz CT molecular complexity index is 789. The van der Waals surface area contributed by atoms with Gasteiger partial charge in [0, 0.05) is 18.7 Å². The number of rotatable bonds is 4. The molecule has 0 unspecified atom stereocenters. The molecule has 24 heavy (non-hydrogen) atoms. The zero-order valence-corrected chi connectivity index (χ0v) is 13.5. The number of ether oxygens (including phenoxy) is 1. The fourth-order valence-electron chi connectivity index (χ4n) is 2.00. The van der Waals surface area contributed by atoms with Crippen LogP contribution in [0.15, 0.2) is 17.7 Å². The van der Waals surface area contributed by atoms with E-state index in [1.807, 2.05) is 0 Å². The highest BCUT2D eigenvalue weighted by Gasteiger charge is 2.31. The number of carbonyl (C=O) groups is 2. The third-order valence-electron chi connectivity index (χ3n) is 3.20. The highest BCUT2D eigenvalue weighted by atomic mass is 32.1. The van der Waals surface area contributed by atoms with E-state index in [-0.39, 0.29) is 34.3 Å². The summed E-state index contributed by atoms with van der Waals surface area (Å²) in [5, 5.41) is 23.4. The van der Waals surface area contributed by atoms with Gasteiger partial charge in [0.1, 0.15) is 5.57 Å². The van der Waals surface area contributed by atoms with E-state index in [1.165, 1.54) is 7.05 Å². The average molecular weight is 351 g/mol. The maximum atomic E-state index is 12.2. The fraction of sp³-hybridized carbons (Fsp3) is 0.214. The summed E-state index contributed by atoms with van der Waals surface area (Å²) in [6.07, 6.45) is 1.06. The molecule has 1 saturated heterocycles. The van der Waals surface area contributed by atoms with Crippen LogP contribution in [0.1, 0.15) is 12.5 Å². The Morgan fingerprint density at radius 1 is 1.46 bits per heavy atom. The molecule has 1 aliphatic rings. The van der Waals surface area contributed by atoms with Crippen LogP contribution in [0.2, 0.25) is 0 Å². The second-order valence-corrected chi connectivity index (χ2v) is 5.14. The molecule has 0 aromatic heterocycles. The van der Waals surface area contributed by atoms with Crippen LogP contribution in [0.25, 0.3) is 6.08 Å². The lowest BCUT2D eigenvalue weighted by molar-refractivity contribution is -0.385. The number of likely N-dealkylation sites (N-methyl/N-ethyl adjacent to an activating group) is 1. The number of carbonyl (C=O) groups excluding carboxylic acids is 2. The topological polar surface area (TPSA) is 122 Å². The Labute approximate surface area is 141 Å². The molecule has 1 aromatic rings. The number of amides is 2. The molecular formula is C14H13N3O6S. The van der Waals surface area contributed by atoms with Gasteiger partial charge in [-0.15, -0.1) is 0 Å². The molecule has 1 fully saturated rings. The van der Waals surface area contributed by atoms with Gasteiger partial charge in [-0.3, -0.25) is 29.9 Å². The van der Waals surface area contributed by atoms with Crippen molar-refractivity contribution in [3.05, 3.63) is 33.4 Å². The molecule has 0 saturated carbocycles. The van der Waals surface area contributed by atoms with Gasteiger partial charge in [-0.25, -0.2) is 0 Å². The van der Waals surface area contributed by atoms with E-state index in [2.05, 4.69) is 5.32 Å². The predicted molar refractivity (Wildman–Crippen MR) is 87.4 cm³/mol. The number of phenols is 1. The molecule has 1 aromatic carbocycles. The van der Waals surface area contributed by atoms with Gasteiger partial charge in [0.2, 0.25) is 0 Å². The number of nitrogens with zero attached hydrogens (tertiary/aromatic N) is 2. The van der Waals surface area contributed by atoms with Crippen molar-refractivity contribution in [2.75, 3.05) is 13.7 Å². The van der Waals surface area contributed by atoms with E-state index < -0.39 is 22.5 Å². The number of aromatic hydroxyl groups is 1. The summed E-state index contributed by atoms with van der Waals surface area (Å²) in [7, 11) is 1.37. The molecule has 2 N–H and O–H groups in total. The van der Waals surface area contributed by atoms with Gasteiger partial charge in [0.15, 0.2) is 16.6 Å². The summed E-state index contributed by atoms with van der Waals surface area (Å²) in [6, 6.07) is 2.10. The predicted octanol–water partition coefficient (Wildman–Crippen LogP) is 0.956. The number of benzene rings is 1. The van der Waals surface area contributed by atoms with E-state index in [9.17, 15) is 24.8 Å². The van der Waals surface area contributed by atoms with Gasteiger partial charge < -0.3 is 9.84 Å². The summed E-state index contributed by atoms with van der Waals surface area (Å²) >= 11 is 4.82. The number of phenolic OH excluding ortho intramolecular Hbond substituents is 1. The van der Waals surface area contributed by atoms with Crippen LogP contribution in [0, 0.1) is 10.1 Å². The van der Waals surface area contributed by atoms with Crippen molar-refractivity contribution in [1.29, 1.82) is 0 Å². The third kappa shape index (κ3) is 3.18. The summed E-state index contributed by atoms with van der Waals surface area (Å²) in [4.78, 5) is 35.5. The lowest BCUT2D eigenvalue weighted by Crippen LogP contribution is -2.52. The minimum Gasteiger partial charge on any atom is -0.504 e. The summed E-state index contributed by atoms with van der Waals surface area (Å²) in [5.41, 5.74) is -0.757. The van der Waals surface area contributed by atoms with Crippen molar-refractivity contribution in [3.63, 3.8) is 0 Å². The van der Waals surface area contributed by atoms with Crippen molar-refractivity contribution in [1.82, 2.24) is 10.2 Å².